The van der Waals surface area contributed by atoms with Crippen LogP contribution in [-0.4, -0.2) is 0 Å². The molecule has 3 rings (SSSR count). The molecule has 1 unspecified atom stereocenters. The molecule has 2 aromatic rings. The third-order valence-corrected chi connectivity index (χ3v) is 5.47. The van der Waals surface area contributed by atoms with Crippen molar-refractivity contribution in [2.75, 3.05) is 0 Å². The highest BCUT2D eigenvalue weighted by Crippen LogP contribution is 2.28. The second-order valence-electron chi connectivity index (χ2n) is 6.03. The van der Waals surface area contributed by atoms with Gasteiger partial charge in [0, 0.05) is 14.8 Å². The van der Waals surface area contributed by atoms with Crippen molar-refractivity contribution in [2.24, 2.45) is 0 Å². The fourth-order valence-electron chi connectivity index (χ4n) is 3.09. The van der Waals surface area contributed by atoms with Gasteiger partial charge in [0.25, 0.3) is 0 Å². The first-order valence-corrected chi connectivity index (χ1v) is 8.83. The van der Waals surface area contributed by atoms with Crippen LogP contribution in [0.4, 0.5) is 0 Å². The molecule has 1 aliphatic rings. The van der Waals surface area contributed by atoms with Gasteiger partial charge in [-0.1, -0.05) is 66.8 Å². The average molecular weight is 318 g/mol. The van der Waals surface area contributed by atoms with Crippen molar-refractivity contribution < 1.29 is 0 Å². The Kier molecular flexibility index (Phi) is 4.49. The van der Waals surface area contributed by atoms with Crippen LogP contribution in [0.1, 0.15) is 29.9 Å². The van der Waals surface area contributed by atoms with Crippen molar-refractivity contribution >= 4 is 29.6 Å². The molecule has 0 nitrogen and oxygen atoms in total. The molecule has 23 heavy (non-hydrogen) atoms. The van der Waals surface area contributed by atoms with E-state index in [1.54, 1.807) is 0 Å². The van der Waals surface area contributed by atoms with Crippen molar-refractivity contribution in [3.8, 4) is 0 Å². The molecule has 1 heterocycles. The number of benzene rings is 1. The summed E-state index contributed by atoms with van der Waals surface area (Å²) in [5, 5.41) is 1.35. The van der Waals surface area contributed by atoms with Crippen LogP contribution in [0.2, 0.25) is 0 Å². The Morgan fingerprint density at radius 2 is 2.00 bits per heavy atom. The van der Waals surface area contributed by atoms with E-state index in [1.165, 1.54) is 25.8 Å². The molecule has 0 amide bonds. The Hall–Kier alpha value is -2.12. The van der Waals surface area contributed by atoms with Gasteiger partial charge in [0.2, 0.25) is 0 Å². The third kappa shape index (κ3) is 3.02. The summed E-state index contributed by atoms with van der Waals surface area (Å²) in [6.45, 7) is 8.28. The number of rotatable bonds is 4. The van der Waals surface area contributed by atoms with E-state index in [1.807, 2.05) is 17.4 Å². The predicted octanol–water partition coefficient (Wildman–Crippen LogP) is 4.60. The first-order valence-electron chi connectivity index (χ1n) is 8.01. The van der Waals surface area contributed by atoms with Gasteiger partial charge in [-0.05, 0) is 42.7 Å². The lowest BCUT2D eigenvalue weighted by molar-refractivity contribution is 0.806. The molecule has 0 radical (unpaired) electrons. The summed E-state index contributed by atoms with van der Waals surface area (Å²) in [4.78, 5) is 1.34. The van der Waals surface area contributed by atoms with E-state index in [9.17, 15) is 0 Å². The van der Waals surface area contributed by atoms with E-state index in [0.717, 1.165) is 6.42 Å². The average Bonchev–Trinajstić information content (AvgIpc) is 2.76. The summed E-state index contributed by atoms with van der Waals surface area (Å²) in [7, 11) is 0. The van der Waals surface area contributed by atoms with Gasteiger partial charge in [0.15, 0.2) is 0 Å². The molecule has 1 aliphatic carbocycles. The molecule has 0 fully saturated rings. The zero-order chi connectivity index (χ0) is 16.3. The van der Waals surface area contributed by atoms with Crippen molar-refractivity contribution in [1.29, 1.82) is 0 Å². The molecule has 1 aromatic carbocycles. The molecule has 0 spiro atoms. The Morgan fingerprint density at radius 3 is 2.70 bits per heavy atom. The van der Waals surface area contributed by atoms with Crippen molar-refractivity contribution in [1.82, 2.24) is 0 Å². The number of fused-ring (bicyclic) bond motifs is 1. The maximum absolute atomic E-state index is 3.92. The van der Waals surface area contributed by atoms with Gasteiger partial charge < -0.3 is 0 Å². The fraction of sp³-hybridized carbons (Fsp3) is 0.182. The first kappa shape index (κ1) is 15.8. The molecule has 0 aliphatic heterocycles. The standard InChI is InChI=1S/C22H22S/c1-4-10-18-19-14-9-15-22(3,17-12-7-6-8-13-17)16-21(19)23-20(18)11-5-2/h4-9,11-16H,1,10H2,2-3H3/b11-5-. The van der Waals surface area contributed by atoms with E-state index in [0.29, 0.717) is 0 Å². The van der Waals surface area contributed by atoms with Gasteiger partial charge in [-0.3, -0.25) is 0 Å². The minimum absolute atomic E-state index is 0.0769. The molecular weight excluding hydrogens is 296 g/mol. The highest BCUT2D eigenvalue weighted by molar-refractivity contribution is 7.11. The maximum Gasteiger partial charge on any atom is 0.0324 e. The van der Waals surface area contributed by atoms with E-state index in [4.69, 9.17) is 0 Å². The minimum Gasteiger partial charge on any atom is -0.136 e. The molecule has 0 saturated carbocycles. The molecule has 0 N–H and O–H groups in total. The number of allylic oxidation sites excluding steroid dienone is 4. The molecule has 0 bridgehead atoms. The van der Waals surface area contributed by atoms with Crippen LogP contribution in [0.15, 0.2) is 61.2 Å². The van der Waals surface area contributed by atoms with Crippen molar-refractivity contribution in [3.63, 3.8) is 0 Å². The van der Waals surface area contributed by atoms with Crippen molar-refractivity contribution in [3.05, 3.63) is 87.0 Å². The lowest BCUT2D eigenvalue weighted by Gasteiger charge is -2.21. The van der Waals surface area contributed by atoms with E-state index in [-0.39, 0.29) is 5.41 Å². The summed E-state index contributed by atoms with van der Waals surface area (Å²) in [5.41, 5.74) is 2.63. The lowest BCUT2D eigenvalue weighted by atomic mass is 9.82. The molecule has 116 valence electrons. The Bertz CT molecular complexity index is 878. The third-order valence-electron chi connectivity index (χ3n) is 4.31. The maximum atomic E-state index is 3.92. The van der Waals surface area contributed by atoms with Crippen LogP contribution >= 0.6 is 11.3 Å². The number of hydrogen-bond acceptors (Lipinski definition) is 1. The molecule has 1 aromatic heterocycles. The van der Waals surface area contributed by atoms with Gasteiger partial charge in [0.05, 0.1) is 0 Å². The van der Waals surface area contributed by atoms with Gasteiger partial charge >= 0.3 is 0 Å². The quantitative estimate of drug-likeness (QED) is 0.723. The molecule has 0 saturated heterocycles. The van der Waals surface area contributed by atoms with E-state index >= 15 is 0 Å². The predicted molar refractivity (Wildman–Crippen MR) is 104 cm³/mol. The lowest BCUT2D eigenvalue weighted by Crippen LogP contribution is -2.25. The Morgan fingerprint density at radius 1 is 1.22 bits per heavy atom. The SMILES string of the molecule is C=CCc1c(/C=C\C)sc2c1=CC=CC(C)(c1ccccc1)C=2. The summed E-state index contributed by atoms with van der Waals surface area (Å²) in [6, 6.07) is 10.7. The fourth-order valence-corrected chi connectivity index (χ4v) is 4.45. The first-order chi connectivity index (χ1) is 11.2. The highest BCUT2D eigenvalue weighted by atomic mass is 32.1. The largest absolute Gasteiger partial charge is 0.136 e. The second kappa shape index (κ2) is 6.55. The van der Waals surface area contributed by atoms with Gasteiger partial charge in [-0.15, -0.1) is 17.9 Å². The van der Waals surface area contributed by atoms with Crippen LogP contribution < -0.4 is 9.75 Å². The Balaban J connectivity index is 2.25. The highest BCUT2D eigenvalue weighted by Gasteiger charge is 2.22. The van der Waals surface area contributed by atoms with Gasteiger partial charge in [-0.25, -0.2) is 0 Å². The summed E-state index contributed by atoms with van der Waals surface area (Å²) in [6.07, 6.45) is 16.4. The molecule has 1 atom stereocenters. The smallest absolute Gasteiger partial charge is 0.0324 e. The Labute approximate surface area is 142 Å². The molecular formula is C22H22S. The number of thiophene rings is 1. The van der Waals surface area contributed by atoms with Gasteiger partial charge in [-0.2, -0.15) is 0 Å². The summed E-state index contributed by atoms with van der Waals surface area (Å²) in [5.74, 6) is 0. The monoisotopic (exact) mass is 318 g/mol. The van der Waals surface area contributed by atoms with E-state index in [2.05, 4.69) is 87.2 Å². The summed E-state index contributed by atoms with van der Waals surface area (Å²) < 4.78 is 1.35. The van der Waals surface area contributed by atoms with E-state index < -0.39 is 0 Å². The zero-order valence-electron chi connectivity index (χ0n) is 13.8. The second-order valence-corrected chi connectivity index (χ2v) is 7.12. The minimum atomic E-state index is -0.0769. The van der Waals surface area contributed by atoms with Crippen LogP contribution in [0.5, 0.6) is 0 Å². The van der Waals surface area contributed by atoms with Crippen molar-refractivity contribution in [2.45, 2.75) is 25.7 Å². The number of hydrogen-bond donors (Lipinski definition) is 0. The van der Waals surface area contributed by atoms with Crippen LogP contribution in [-0.2, 0) is 11.8 Å². The normalized spacial score (nSPS) is 19.7. The van der Waals surface area contributed by atoms with Gasteiger partial charge in [0.1, 0.15) is 0 Å². The van der Waals surface area contributed by atoms with Crippen LogP contribution in [0.25, 0.3) is 18.2 Å². The topological polar surface area (TPSA) is 0 Å². The summed E-state index contributed by atoms with van der Waals surface area (Å²) >= 11 is 1.88. The zero-order valence-corrected chi connectivity index (χ0v) is 14.6. The van der Waals surface area contributed by atoms with Crippen LogP contribution in [0, 0.1) is 0 Å². The molecule has 1 heteroatoms. The van der Waals surface area contributed by atoms with Crippen LogP contribution in [0.3, 0.4) is 0 Å².